The van der Waals surface area contributed by atoms with E-state index in [2.05, 4.69) is 19.4 Å². The van der Waals surface area contributed by atoms with Crippen LogP contribution in [0.1, 0.15) is 16.2 Å². The lowest BCUT2D eigenvalue weighted by molar-refractivity contribution is -0.118. The molecule has 0 aliphatic carbocycles. The lowest BCUT2D eigenvalue weighted by atomic mass is 10.2. The van der Waals surface area contributed by atoms with Gasteiger partial charge >= 0.3 is 5.97 Å². The summed E-state index contributed by atoms with van der Waals surface area (Å²) in [6.07, 6.45) is 0. The minimum absolute atomic E-state index is 0.0859. The normalized spacial score (nSPS) is 10.0. The van der Waals surface area contributed by atoms with Crippen LogP contribution in [0.5, 0.6) is 5.75 Å². The highest BCUT2D eigenvalue weighted by Crippen LogP contribution is 2.13. The first-order valence-corrected chi connectivity index (χ1v) is 6.77. The Labute approximate surface area is 125 Å². The number of hydrogen-bond donors (Lipinski definition) is 1. The topological polar surface area (TPSA) is 90.4 Å². The molecule has 2 rings (SSSR count). The van der Waals surface area contributed by atoms with Gasteiger partial charge in [0, 0.05) is 11.5 Å². The smallest absolute Gasteiger partial charge is 0.377 e. The third-order valence-electron chi connectivity index (χ3n) is 2.43. The summed E-state index contributed by atoms with van der Waals surface area (Å²) in [6.45, 7) is 1.81. The first kappa shape index (κ1) is 14.9. The number of aromatic nitrogens is 2. The summed E-state index contributed by atoms with van der Waals surface area (Å²) in [5, 5.41) is 2.71. The van der Waals surface area contributed by atoms with Crippen LogP contribution in [0.2, 0.25) is 0 Å². The van der Waals surface area contributed by atoms with Crippen molar-refractivity contribution >= 4 is 28.5 Å². The van der Waals surface area contributed by atoms with Crippen molar-refractivity contribution in [2.24, 2.45) is 0 Å². The van der Waals surface area contributed by atoms with Crippen molar-refractivity contribution in [1.82, 2.24) is 9.36 Å². The highest BCUT2D eigenvalue weighted by molar-refractivity contribution is 7.10. The number of hydrogen-bond acceptors (Lipinski definition) is 7. The first-order chi connectivity index (χ1) is 10.1. The van der Waals surface area contributed by atoms with Gasteiger partial charge in [0.2, 0.25) is 5.13 Å². The van der Waals surface area contributed by atoms with E-state index in [1.807, 2.05) is 19.1 Å². The van der Waals surface area contributed by atoms with Crippen molar-refractivity contribution < 1.29 is 19.1 Å². The zero-order chi connectivity index (χ0) is 15.2. The largest absolute Gasteiger partial charge is 0.484 e. The highest BCUT2D eigenvalue weighted by Gasteiger charge is 2.14. The molecule has 1 heterocycles. The minimum Gasteiger partial charge on any atom is -0.484 e. The average Bonchev–Trinajstić information content (AvgIpc) is 2.94. The van der Waals surface area contributed by atoms with Gasteiger partial charge in [-0.15, -0.1) is 0 Å². The van der Waals surface area contributed by atoms with Gasteiger partial charge < -0.3 is 9.47 Å². The Morgan fingerprint density at radius 1 is 1.29 bits per heavy atom. The molecule has 1 N–H and O–H groups in total. The third kappa shape index (κ3) is 4.25. The molecular weight excluding hydrogens is 294 g/mol. The Bertz CT molecular complexity index is 639. The molecule has 0 aliphatic rings. The van der Waals surface area contributed by atoms with E-state index >= 15 is 0 Å². The number of carbonyl (C=O) groups excluding carboxylic acids is 2. The maximum absolute atomic E-state index is 11.7. The predicted molar refractivity (Wildman–Crippen MR) is 76.6 cm³/mol. The number of methoxy groups -OCH3 is 1. The summed E-state index contributed by atoms with van der Waals surface area (Å²) >= 11 is 0.896. The van der Waals surface area contributed by atoms with Crippen LogP contribution in [-0.2, 0) is 9.53 Å². The van der Waals surface area contributed by atoms with E-state index in [0.717, 1.165) is 17.1 Å². The number of rotatable bonds is 5. The van der Waals surface area contributed by atoms with E-state index in [1.54, 1.807) is 12.1 Å². The van der Waals surface area contributed by atoms with Crippen LogP contribution in [0, 0.1) is 6.92 Å². The number of esters is 1. The van der Waals surface area contributed by atoms with Crippen LogP contribution in [0.25, 0.3) is 0 Å². The maximum Gasteiger partial charge on any atom is 0.377 e. The van der Waals surface area contributed by atoms with Gasteiger partial charge in [0.15, 0.2) is 6.61 Å². The van der Waals surface area contributed by atoms with Gasteiger partial charge in [0.1, 0.15) is 5.75 Å². The van der Waals surface area contributed by atoms with E-state index in [1.165, 1.54) is 7.11 Å². The molecule has 1 aromatic carbocycles. The molecule has 21 heavy (non-hydrogen) atoms. The quantitative estimate of drug-likeness (QED) is 0.845. The average molecular weight is 307 g/mol. The molecule has 0 aliphatic heterocycles. The van der Waals surface area contributed by atoms with Crippen molar-refractivity contribution in [3.05, 3.63) is 35.7 Å². The molecule has 0 bridgehead atoms. The van der Waals surface area contributed by atoms with Crippen LogP contribution >= 0.6 is 11.5 Å². The fraction of sp³-hybridized carbons (Fsp3) is 0.231. The number of nitrogens with zero attached hydrogens (tertiary/aromatic N) is 2. The summed E-state index contributed by atoms with van der Waals surface area (Å²) in [4.78, 5) is 26.7. The van der Waals surface area contributed by atoms with Crippen molar-refractivity contribution in [2.75, 3.05) is 19.0 Å². The van der Waals surface area contributed by atoms with Crippen molar-refractivity contribution in [2.45, 2.75) is 6.92 Å². The molecule has 0 unspecified atom stereocenters. The molecule has 0 spiro atoms. The Hall–Kier alpha value is -2.48. The Morgan fingerprint density at radius 2 is 2.00 bits per heavy atom. The summed E-state index contributed by atoms with van der Waals surface area (Å²) < 4.78 is 13.6. The fourth-order valence-corrected chi connectivity index (χ4v) is 1.96. The molecule has 7 nitrogen and oxygen atoms in total. The Morgan fingerprint density at radius 3 is 2.67 bits per heavy atom. The molecule has 0 saturated heterocycles. The molecule has 1 aromatic heterocycles. The van der Waals surface area contributed by atoms with Gasteiger partial charge in [0.05, 0.1) is 7.11 Å². The second-order valence-corrected chi connectivity index (χ2v) is 4.82. The first-order valence-electron chi connectivity index (χ1n) is 6.00. The molecule has 2 aromatic rings. The van der Waals surface area contributed by atoms with Crippen molar-refractivity contribution in [3.63, 3.8) is 0 Å². The molecule has 1 amide bonds. The van der Waals surface area contributed by atoms with Gasteiger partial charge in [-0.05, 0) is 19.1 Å². The Kier molecular flexibility index (Phi) is 4.83. The lowest BCUT2D eigenvalue weighted by Crippen LogP contribution is -2.20. The van der Waals surface area contributed by atoms with Gasteiger partial charge in [0.25, 0.3) is 11.7 Å². The maximum atomic E-state index is 11.7. The molecule has 8 heteroatoms. The van der Waals surface area contributed by atoms with Crippen molar-refractivity contribution in [1.29, 1.82) is 0 Å². The lowest BCUT2D eigenvalue weighted by Gasteiger charge is -2.05. The molecule has 0 atom stereocenters. The van der Waals surface area contributed by atoms with E-state index in [4.69, 9.17) is 4.74 Å². The highest BCUT2D eigenvalue weighted by atomic mass is 32.1. The van der Waals surface area contributed by atoms with E-state index in [-0.39, 0.29) is 23.5 Å². The van der Waals surface area contributed by atoms with Crippen LogP contribution < -0.4 is 10.1 Å². The van der Waals surface area contributed by atoms with Crippen LogP contribution in [-0.4, -0.2) is 35.0 Å². The van der Waals surface area contributed by atoms with E-state index in [9.17, 15) is 9.59 Å². The zero-order valence-electron chi connectivity index (χ0n) is 11.5. The van der Waals surface area contributed by atoms with Gasteiger partial charge in [-0.2, -0.15) is 9.36 Å². The molecule has 0 fully saturated rings. The monoisotopic (exact) mass is 307 g/mol. The fourth-order valence-electron chi connectivity index (χ4n) is 1.39. The van der Waals surface area contributed by atoms with Gasteiger partial charge in [-0.25, -0.2) is 4.79 Å². The van der Waals surface area contributed by atoms with Gasteiger partial charge in [-0.1, -0.05) is 17.7 Å². The summed E-state index contributed by atoms with van der Waals surface area (Å²) in [5.74, 6) is -0.522. The zero-order valence-corrected chi connectivity index (χ0v) is 12.3. The van der Waals surface area contributed by atoms with Gasteiger partial charge in [-0.3, -0.25) is 10.1 Å². The predicted octanol–water partition coefficient (Wildman–Crippen LogP) is 1.65. The van der Waals surface area contributed by atoms with E-state index < -0.39 is 5.97 Å². The number of anilines is 1. The molecule has 0 radical (unpaired) electrons. The summed E-state index contributed by atoms with van der Waals surface area (Å²) in [6, 6.07) is 7.34. The molecule has 0 saturated carbocycles. The summed E-state index contributed by atoms with van der Waals surface area (Å²) in [5.41, 5.74) is 1.11. The molecule has 110 valence electrons. The second-order valence-electron chi connectivity index (χ2n) is 4.06. The van der Waals surface area contributed by atoms with E-state index in [0.29, 0.717) is 5.75 Å². The Balaban J connectivity index is 1.85. The van der Waals surface area contributed by atoms with Crippen LogP contribution in [0.3, 0.4) is 0 Å². The number of benzene rings is 1. The third-order valence-corrected chi connectivity index (χ3v) is 3.06. The standard InChI is InChI=1S/C13H13N3O4S/c1-8-3-5-9(6-4-8)20-7-10(17)14-13-15-11(16-21-13)12(18)19-2/h3-6H,7H2,1-2H3,(H,14,15,16,17). The van der Waals surface area contributed by atoms with Crippen molar-refractivity contribution in [3.8, 4) is 5.75 Å². The van der Waals surface area contributed by atoms with Crippen LogP contribution in [0.4, 0.5) is 5.13 Å². The number of nitrogens with one attached hydrogen (secondary N) is 1. The number of carbonyl (C=O) groups is 2. The minimum atomic E-state index is -0.650. The number of ether oxygens (including phenoxy) is 2. The second kappa shape index (κ2) is 6.80. The molecular formula is C13H13N3O4S. The SMILES string of the molecule is COC(=O)c1nsc(NC(=O)COc2ccc(C)cc2)n1. The number of amides is 1. The number of aryl methyl sites for hydroxylation is 1. The summed E-state index contributed by atoms with van der Waals surface area (Å²) in [7, 11) is 1.23. The van der Waals surface area contributed by atoms with Crippen LogP contribution in [0.15, 0.2) is 24.3 Å².